The van der Waals surface area contributed by atoms with Crippen molar-refractivity contribution in [2.45, 2.75) is 18.9 Å². The maximum atomic E-state index is 13.1. The van der Waals surface area contributed by atoms with Crippen molar-refractivity contribution in [3.8, 4) is 0 Å². The Morgan fingerprint density at radius 3 is 2.42 bits per heavy atom. The summed E-state index contributed by atoms with van der Waals surface area (Å²) in [5.74, 6) is 0.824. The van der Waals surface area contributed by atoms with Crippen LogP contribution in [0.1, 0.15) is 12.8 Å². The number of carbonyl (C=O) groups excluding carboxylic acids is 1. The number of nitrogens with one attached hydrogen (secondary N) is 1. The zero-order valence-electron chi connectivity index (χ0n) is 19.4. The molecule has 1 unspecified atom stereocenters. The lowest BCUT2D eigenvalue weighted by Gasteiger charge is -2.36. The van der Waals surface area contributed by atoms with Gasteiger partial charge in [0.2, 0.25) is 5.91 Å². The molecule has 33 heavy (non-hydrogen) atoms. The molecule has 3 aliphatic heterocycles. The Morgan fingerprint density at radius 1 is 1.06 bits per heavy atom. The lowest BCUT2D eigenvalue weighted by atomic mass is 10.2. The van der Waals surface area contributed by atoms with E-state index in [9.17, 15) is 9.18 Å². The van der Waals surface area contributed by atoms with Gasteiger partial charge in [0.25, 0.3) is 0 Å². The van der Waals surface area contributed by atoms with E-state index < -0.39 is 0 Å². The SMILES string of the molecule is CN=C(NCCC(=O)N1CCN(c2ccc(F)cc2)CC1)N1CCC(N2CCOCC2)C1.I. The topological polar surface area (TPSA) is 63.7 Å². The summed E-state index contributed by atoms with van der Waals surface area (Å²) < 4.78 is 18.6. The van der Waals surface area contributed by atoms with Crippen molar-refractivity contribution in [3.63, 3.8) is 0 Å². The molecule has 0 spiro atoms. The van der Waals surface area contributed by atoms with Gasteiger partial charge in [0, 0.05) is 84.1 Å². The Labute approximate surface area is 213 Å². The van der Waals surface area contributed by atoms with Crippen molar-refractivity contribution < 1.29 is 13.9 Å². The second-order valence-corrected chi connectivity index (χ2v) is 8.61. The van der Waals surface area contributed by atoms with E-state index in [0.717, 1.165) is 70.6 Å². The molecule has 1 N–H and O–H groups in total. The van der Waals surface area contributed by atoms with Crippen LogP contribution in [0.4, 0.5) is 10.1 Å². The molecule has 4 rings (SSSR count). The van der Waals surface area contributed by atoms with Gasteiger partial charge in [0.15, 0.2) is 5.96 Å². The highest BCUT2D eigenvalue weighted by atomic mass is 127. The fourth-order valence-electron chi connectivity index (χ4n) is 4.81. The van der Waals surface area contributed by atoms with E-state index in [-0.39, 0.29) is 35.7 Å². The van der Waals surface area contributed by atoms with Gasteiger partial charge in [0.05, 0.1) is 13.2 Å². The van der Waals surface area contributed by atoms with Gasteiger partial charge in [-0.3, -0.25) is 14.7 Å². The van der Waals surface area contributed by atoms with Gasteiger partial charge >= 0.3 is 0 Å². The third-order valence-electron chi connectivity index (χ3n) is 6.68. The average molecular weight is 574 g/mol. The molecule has 3 saturated heterocycles. The van der Waals surface area contributed by atoms with E-state index in [1.54, 1.807) is 19.2 Å². The van der Waals surface area contributed by atoms with Crippen LogP contribution in [-0.2, 0) is 9.53 Å². The highest BCUT2D eigenvalue weighted by molar-refractivity contribution is 14.0. The summed E-state index contributed by atoms with van der Waals surface area (Å²) in [6, 6.07) is 7.11. The van der Waals surface area contributed by atoms with Crippen LogP contribution in [0.15, 0.2) is 29.3 Å². The summed E-state index contributed by atoms with van der Waals surface area (Å²) >= 11 is 0. The van der Waals surface area contributed by atoms with Crippen LogP contribution < -0.4 is 10.2 Å². The average Bonchev–Trinajstić information content (AvgIpc) is 3.33. The van der Waals surface area contributed by atoms with Crippen LogP contribution in [0.5, 0.6) is 0 Å². The van der Waals surface area contributed by atoms with Crippen LogP contribution in [0.3, 0.4) is 0 Å². The van der Waals surface area contributed by atoms with Crippen molar-refractivity contribution in [2.75, 3.05) is 84.1 Å². The van der Waals surface area contributed by atoms with E-state index >= 15 is 0 Å². The zero-order valence-corrected chi connectivity index (χ0v) is 21.7. The number of hydrogen-bond acceptors (Lipinski definition) is 5. The summed E-state index contributed by atoms with van der Waals surface area (Å²) in [6.07, 6.45) is 1.59. The molecule has 1 amide bonds. The lowest BCUT2D eigenvalue weighted by molar-refractivity contribution is -0.131. The number of rotatable bonds is 5. The number of morpholine rings is 1. The molecule has 3 heterocycles. The number of likely N-dealkylation sites (tertiary alicyclic amines) is 1. The molecule has 1 aromatic carbocycles. The molecule has 8 nitrogen and oxygen atoms in total. The van der Waals surface area contributed by atoms with Gasteiger partial charge in [-0.1, -0.05) is 0 Å². The molecule has 0 aliphatic carbocycles. The van der Waals surface area contributed by atoms with Crippen molar-refractivity contribution in [1.29, 1.82) is 0 Å². The molecule has 0 bridgehead atoms. The number of ether oxygens (including phenoxy) is 1. The number of guanidine groups is 1. The first-order chi connectivity index (χ1) is 15.6. The van der Waals surface area contributed by atoms with Crippen LogP contribution in [0, 0.1) is 5.82 Å². The number of benzene rings is 1. The largest absolute Gasteiger partial charge is 0.379 e. The predicted molar refractivity (Wildman–Crippen MR) is 139 cm³/mol. The van der Waals surface area contributed by atoms with Crippen LogP contribution in [0.2, 0.25) is 0 Å². The molecule has 10 heteroatoms. The highest BCUT2D eigenvalue weighted by Crippen LogP contribution is 2.18. The summed E-state index contributed by atoms with van der Waals surface area (Å²) in [7, 11) is 1.81. The Hall–Kier alpha value is -1.66. The van der Waals surface area contributed by atoms with Crippen molar-refractivity contribution in [3.05, 3.63) is 30.1 Å². The first kappa shape index (κ1) is 26.0. The number of aliphatic imine (C=N–C) groups is 1. The van der Waals surface area contributed by atoms with Gasteiger partial charge in [-0.2, -0.15) is 0 Å². The quantitative estimate of drug-likeness (QED) is 0.327. The maximum absolute atomic E-state index is 13.1. The van der Waals surface area contributed by atoms with Crippen molar-refractivity contribution in [1.82, 2.24) is 20.0 Å². The summed E-state index contributed by atoms with van der Waals surface area (Å²) in [6.45, 7) is 9.12. The minimum Gasteiger partial charge on any atom is -0.379 e. The number of nitrogens with zero attached hydrogens (tertiary/aromatic N) is 5. The number of piperazine rings is 1. The zero-order chi connectivity index (χ0) is 22.3. The minimum absolute atomic E-state index is 0. The Kier molecular flexibility index (Phi) is 9.99. The molecule has 3 fully saturated rings. The smallest absolute Gasteiger partial charge is 0.224 e. The monoisotopic (exact) mass is 574 g/mol. The van der Waals surface area contributed by atoms with E-state index in [2.05, 4.69) is 25.0 Å². The van der Waals surface area contributed by atoms with E-state index in [1.807, 2.05) is 4.90 Å². The van der Waals surface area contributed by atoms with Gasteiger partial charge in [-0.05, 0) is 30.7 Å². The standard InChI is InChI=1S/C23H35FN6O2.HI/c1-25-23(30-9-7-21(18-30)28-14-16-32-17-15-28)26-8-6-22(31)29-12-10-27(11-13-29)20-4-2-19(24)3-5-20;/h2-5,21H,6-18H2,1H3,(H,25,26);1H. The Bertz CT molecular complexity index is 782. The first-order valence-corrected chi connectivity index (χ1v) is 11.7. The number of anilines is 1. The molecule has 0 saturated carbocycles. The summed E-state index contributed by atoms with van der Waals surface area (Å²) in [4.78, 5) is 26.1. The van der Waals surface area contributed by atoms with Crippen LogP contribution in [0.25, 0.3) is 0 Å². The van der Waals surface area contributed by atoms with E-state index in [0.29, 0.717) is 32.1 Å². The predicted octanol–water partition coefficient (Wildman–Crippen LogP) is 1.46. The molecule has 1 atom stereocenters. The van der Waals surface area contributed by atoms with Crippen molar-refractivity contribution >= 4 is 41.5 Å². The molecule has 1 aromatic rings. The number of halogens is 2. The number of amides is 1. The summed E-state index contributed by atoms with van der Waals surface area (Å²) in [5, 5.41) is 3.38. The molecule has 184 valence electrons. The third kappa shape index (κ3) is 6.92. The summed E-state index contributed by atoms with van der Waals surface area (Å²) in [5.41, 5.74) is 1.00. The number of hydrogen-bond donors (Lipinski definition) is 1. The molecule has 0 radical (unpaired) electrons. The molecular formula is C23H36FIN6O2. The van der Waals surface area contributed by atoms with Gasteiger partial charge in [0.1, 0.15) is 5.82 Å². The third-order valence-corrected chi connectivity index (χ3v) is 6.68. The second-order valence-electron chi connectivity index (χ2n) is 8.61. The molecule has 0 aromatic heterocycles. The fourth-order valence-corrected chi connectivity index (χ4v) is 4.81. The second kappa shape index (κ2) is 12.7. The van der Waals surface area contributed by atoms with E-state index in [4.69, 9.17) is 4.74 Å². The normalized spacial score (nSPS) is 22.3. The van der Waals surface area contributed by atoms with Crippen LogP contribution >= 0.6 is 24.0 Å². The lowest BCUT2D eigenvalue weighted by Crippen LogP contribution is -2.50. The molecular weight excluding hydrogens is 538 g/mol. The Balaban J connectivity index is 0.00000306. The highest BCUT2D eigenvalue weighted by Gasteiger charge is 2.30. The fraction of sp³-hybridized carbons (Fsp3) is 0.652. The van der Waals surface area contributed by atoms with Gasteiger partial charge in [-0.25, -0.2) is 4.39 Å². The molecule has 3 aliphatic rings. The van der Waals surface area contributed by atoms with Crippen molar-refractivity contribution in [2.24, 2.45) is 4.99 Å². The first-order valence-electron chi connectivity index (χ1n) is 11.7. The number of carbonyl (C=O) groups is 1. The van der Waals surface area contributed by atoms with E-state index in [1.165, 1.54) is 12.1 Å². The Morgan fingerprint density at radius 2 is 1.76 bits per heavy atom. The van der Waals surface area contributed by atoms with Gasteiger partial charge < -0.3 is 24.8 Å². The maximum Gasteiger partial charge on any atom is 0.224 e. The van der Waals surface area contributed by atoms with Gasteiger partial charge in [-0.15, -0.1) is 24.0 Å². The minimum atomic E-state index is -0.226. The van der Waals surface area contributed by atoms with Crippen LogP contribution in [-0.4, -0.2) is 112 Å².